The number of benzene rings is 10. The number of hydrogen-bond acceptors (Lipinski definition) is 2. The zero-order chi connectivity index (χ0) is 44.3. The maximum Gasteiger partial charge on any atom is 0.160 e. The van der Waals surface area contributed by atoms with E-state index in [4.69, 9.17) is 9.97 Å². The summed E-state index contributed by atoms with van der Waals surface area (Å²) in [5.74, 6) is 0.678. The molecule has 1 aromatic heterocycles. The van der Waals surface area contributed by atoms with Crippen molar-refractivity contribution in [1.82, 2.24) is 9.97 Å². The van der Waals surface area contributed by atoms with E-state index in [1.54, 1.807) is 0 Å². The van der Waals surface area contributed by atoms with Gasteiger partial charge in [-0.2, -0.15) is 0 Å². The summed E-state index contributed by atoms with van der Waals surface area (Å²) in [5, 5.41) is 0. The highest BCUT2D eigenvalue weighted by Crippen LogP contribution is 2.62. The fraction of sp³-hybridized carbons (Fsp3) is 0.0154. The van der Waals surface area contributed by atoms with E-state index < -0.39 is 5.41 Å². The normalized spacial score (nSPS) is 12.6. The molecule has 2 heteroatoms. The molecule has 312 valence electrons. The van der Waals surface area contributed by atoms with Gasteiger partial charge in [0, 0.05) is 16.7 Å². The van der Waals surface area contributed by atoms with Gasteiger partial charge in [-0.1, -0.05) is 231 Å². The lowest BCUT2D eigenvalue weighted by Gasteiger charge is -2.35. The molecule has 2 aliphatic rings. The zero-order valence-electron chi connectivity index (χ0n) is 36.6. The number of hydrogen-bond donors (Lipinski definition) is 0. The molecule has 13 rings (SSSR count). The third-order valence-electron chi connectivity index (χ3n) is 13.9. The van der Waals surface area contributed by atoms with E-state index in [0.29, 0.717) is 5.82 Å². The molecule has 0 bridgehead atoms. The first-order valence-corrected chi connectivity index (χ1v) is 23.1. The van der Waals surface area contributed by atoms with Crippen LogP contribution in [0.25, 0.3) is 101 Å². The van der Waals surface area contributed by atoms with Crippen molar-refractivity contribution in [3.05, 3.63) is 277 Å². The molecule has 11 aromatic rings. The Bertz CT molecular complexity index is 3540. The second-order valence-electron chi connectivity index (χ2n) is 17.6. The van der Waals surface area contributed by atoms with E-state index in [1.165, 1.54) is 61.2 Å². The van der Waals surface area contributed by atoms with Crippen LogP contribution in [0, 0.1) is 0 Å². The monoisotopic (exact) mass is 850 g/mol. The average Bonchev–Trinajstić information content (AvgIpc) is 3.66. The fourth-order valence-corrected chi connectivity index (χ4v) is 11.0. The largest absolute Gasteiger partial charge is 0.228 e. The summed E-state index contributed by atoms with van der Waals surface area (Å²) >= 11 is 0. The van der Waals surface area contributed by atoms with Crippen LogP contribution in [-0.4, -0.2) is 9.97 Å². The van der Waals surface area contributed by atoms with E-state index in [0.717, 1.165) is 55.9 Å². The summed E-state index contributed by atoms with van der Waals surface area (Å²) in [6, 6.07) is 92.6. The quantitative estimate of drug-likeness (QED) is 0.167. The smallest absolute Gasteiger partial charge is 0.160 e. The second-order valence-corrected chi connectivity index (χ2v) is 17.6. The van der Waals surface area contributed by atoms with E-state index in [-0.39, 0.29) is 0 Å². The first-order chi connectivity index (χ1) is 33.2. The van der Waals surface area contributed by atoms with E-state index in [9.17, 15) is 0 Å². The molecule has 0 saturated carbocycles. The van der Waals surface area contributed by atoms with Gasteiger partial charge < -0.3 is 0 Å². The third kappa shape index (κ3) is 6.26. The lowest BCUT2D eigenvalue weighted by molar-refractivity contribution is 0.775. The minimum Gasteiger partial charge on any atom is -0.228 e. The number of fused-ring (bicyclic) bond motifs is 12. The molecule has 1 heterocycles. The van der Waals surface area contributed by atoms with Gasteiger partial charge in [0.1, 0.15) is 0 Å². The van der Waals surface area contributed by atoms with Crippen molar-refractivity contribution in [2.24, 2.45) is 0 Å². The number of nitrogens with zero attached hydrogens (tertiary/aromatic N) is 2. The van der Waals surface area contributed by atoms with Crippen molar-refractivity contribution in [3.63, 3.8) is 0 Å². The topological polar surface area (TPSA) is 25.8 Å². The second kappa shape index (κ2) is 15.8. The van der Waals surface area contributed by atoms with Crippen LogP contribution >= 0.6 is 0 Å². The predicted molar refractivity (Wildman–Crippen MR) is 276 cm³/mol. The van der Waals surface area contributed by atoms with E-state index in [1.807, 2.05) is 0 Å². The van der Waals surface area contributed by atoms with Crippen LogP contribution in [-0.2, 0) is 5.41 Å². The van der Waals surface area contributed by atoms with Gasteiger partial charge in [-0.15, -0.1) is 0 Å². The Balaban J connectivity index is 1.08. The summed E-state index contributed by atoms with van der Waals surface area (Å²) in [5.41, 5.74) is 23.6. The summed E-state index contributed by atoms with van der Waals surface area (Å²) in [4.78, 5) is 11.1. The zero-order valence-corrected chi connectivity index (χ0v) is 36.6. The lowest BCUT2D eigenvalue weighted by Crippen LogP contribution is -2.29. The molecule has 0 fully saturated rings. The van der Waals surface area contributed by atoms with Crippen LogP contribution < -0.4 is 0 Å². The standard InChI is InChI=1S/C65H42N2/c1-4-19-43(20-5-1)46-35-37-47(38-36-46)64-66-61(50-40-48(44-21-6-2-7-22-44)39-49(41-50)45-23-8-3-9-24-45)42-62(67-64)56-30-18-34-60-63(56)55-29-14-17-33-59(55)65(60)57-31-15-12-27-53(57)51-25-10-11-26-52(51)54-28-13-16-32-58(54)65/h1-42H. The van der Waals surface area contributed by atoms with Gasteiger partial charge in [0.05, 0.1) is 16.8 Å². The minimum atomic E-state index is -0.602. The predicted octanol–water partition coefficient (Wildman–Crippen LogP) is 16.5. The summed E-state index contributed by atoms with van der Waals surface area (Å²) in [6.45, 7) is 0. The Kier molecular flexibility index (Phi) is 9.11. The summed E-state index contributed by atoms with van der Waals surface area (Å²) < 4.78 is 0. The Labute approximate surface area is 391 Å². The van der Waals surface area contributed by atoms with Crippen LogP contribution in [0.2, 0.25) is 0 Å². The third-order valence-corrected chi connectivity index (χ3v) is 13.9. The Hall–Kier alpha value is -8.72. The SMILES string of the molecule is c1ccc(-c2ccc(-c3nc(-c4cc(-c5ccccc5)cc(-c5ccccc5)c4)cc(-c4cccc5c4-c4ccccc4C54c5ccccc5-c5ccccc5-c5ccccc54)n3)cc2)cc1. The molecule has 0 unspecified atom stereocenters. The van der Waals surface area contributed by atoms with Gasteiger partial charge in [-0.25, -0.2) is 9.97 Å². The molecule has 2 nitrogen and oxygen atoms in total. The maximum absolute atomic E-state index is 5.58. The summed E-state index contributed by atoms with van der Waals surface area (Å²) in [7, 11) is 0. The van der Waals surface area contributed by atoms with Gasteiger partial charge in [0.25, 0.3) is 0 Å². The van der Waals surface area contributed by atoms with Gasteiger partial charge in [0.2, 0.25) is 0 Å². The van der Waals surface area contributed by atoms with Crippen LogP contribution in [0.4, 0.5) is 0 Å². The van der Waals surface area contributed by atoms with Gasteiger partial charge in [-0.05, 0) is 113 Å². The maximum atomic E-state index is 5.58. The number of rotatable bonds is 6. The molecule has 0 atom stereocenters. The van der Waals surface area contributed by atoms with Crippen molar-refractivity contribution in [2.75, 3.05) is 0 Å². The first kappa shape index (κ1) is 38.7. The lowest BCUT2D eigenvalue weighted by atomic mass is 9.66. The average molecular weight is 851 g/mol. The highest BCUT2D eigenvalue weighted by atomic mass is 14.9. The van der Waals surface area contributed by atoms with E-state index >= 15 is 0 Å². The van der Waals surface area contributed by atoms with Crippen molar-refractivity contribution < 1.29 is 0 Å². The molecule has 0 N–H and O–H groups in total. The number of aromatic nitrogens is 2. The fourth-order valence-electron chi connectivity index (χ4n) is 11.0. The Morgan fingerprint density at radius 1 is 0.224 bits per heavy atom. The van der Waals surface area contributed by atoms with Crippen LogP contribution in [0.3, 0.4) is 0 Å². The molecule has 0 amide bonds. The molecular weight excluding hydrogens is 809 g/mol. The highest BCUT2D eigenvalue weighted by molar-refractivity contribution is 6.01. The van der Waals surface area contributed by atoms with Gasteiger partial charge in [-0.3, -0.25) is 0 Å². The van der Waals surface area contributed by atoms with Crippen molar-refractivity contribution in [3.8, 4) is 101 Å². The molecule has 1 spiro atoms. The molecule has 2 aliphatic carbocycles. The van der Waals surface area contributed by atoms with Crippen molar-refractivity contribution >= 4 is 0 Å². The Morgan fingerprint density at radius 2 is 0.597 bits per heavy atom. The molecule has 10 aromatic carbocycles. The van der Waals surface area contributed by atoms with Crippen LogP contribution in [0.15, 0.2) is 255 Å². The first-order valence-electron chi connectivity index (χ1n) is 23.1. The molecule has 0 saturated heterocycles. The summed E-state index contributed by atoms with van der Waals surface area (Å²) in [6.07, 6.45) is 0. The van der Waals surface area contributed by atoms with Crippen LogP contribution in [0.1, 0.15) is 22.3 Å². The molecular formula is C65H42N2. The Morgan fingerprint density at radius 3 is 1.15 bits per heavy atom. The van der Waals surface area contributed by atoms with E-state index in [2.05, 4.69) is 255 Å². The molecule has 0 radical (unpaired) electrons. The molecule has 67 heavy (non-hydrogen) atoms. The van der Waals surface area contributed by atoms with Crippen LogP contribution in [0.5, 0.6) is 0 Å². The van der Waals surface area contributed by atoms with Crippen molar-refractivity contribution in [2.45, 2.75) is 5.41 Å². The highest BCUT2D eigenvalue weighted by Gasteiger charge is 2.50. The van der Waals surface area contributed by atoms with Gasteiger partial charge >= 0.3 is 0 Å². The van der Waals surface area contributed by atoms with Crippen molar-refractivity contribution in [1.29, 1.82) is 0 Å². The molecule has 0 aliphatic heterocycles. The minimum absolute atomic E-state index is 0.602. The van der Waals surface area contributed by atoms with Gasteiger partial charge in [0.15, 0.2) is 5.82 Å².